The highest BCUT2D eigenvalue weighted by Crippen LogP contribution is 2.49. The first kappa shape index (κ1) is 25.5. The maximum atomic E-state index is 6.72. The number of hydrogen-bond acceptors (Lipinski definition) is 0. The smallest absolute Gasteiger partial charge is 0.377 e. The van der Waals surface area contributed by atoms with Gasteiger partial charge in [0.1, 0.15) is 17.3 Å². The van der Waals surface area contributed by atoms with Gasteiger partial charge in [0.15, 0.2) is 11.4 Å². The van der Waals surface area contributed by atoms with Crippen LogP contribution in [0.2, 0.25) is 0 Å². The maximum absolute atomic E-state index is 6.72. The molecule has 0 amide bonds. The highest BCUT2D eigenvalue weighted by molar-refractivity contribution is 7.62. The quantitative estimate of drug-likeness (QED) is 0.264. The van der Waals surface area contributed by atoms with Gasteiger partial charge in [0.2, 0.25) is 0 Å². The van der Waals surface area contributed by atoms with Crippen LogP contribution in [0, 0.1) is 0 Å². The number of para-hydroxylation sites is 2. The molecule has 0 spiro atoms. The molecule has 2 atom stereocenters. The zero-order valence-corrected chi connectivity index (χ0v) is 23.6. The number of benzene rings is 3. The molecule has 2 unspecified atom stereocenters. The lowest BCUT2D eigenvalue weighted by Crippen LogP contribution is -2.41. The Kier molecular flexibility index (Phi) is 6.79. The van der Waals surface area contributed by atoms with E-state index in [9.17, 15) is 0 Å². The minimum atomic E-state index is -2.48. The van der Waals surface area contributed by atoms with Gasteiger partial charge in [0, 0.05) is 23.3 Å². The van der Waals surface area contributed by atoms with E-state index < -0.39 is 9.05 Å². The Balaban J connectivity index is 1.88. The molecule has 0 fully saturated rings. The van der Waals surface area contributed by atoms with Gasteiger partial charge in [-0.2, -0.15) is 0 Å². The van der Waals surface area contributed by atoms with E-state index in [2.05, 4.69) is 38.1 Å². The standard InChI is InChI=1S/C25H22B2Cl6N2/c1-16-19-12-6-8-14-21(19)34(26(28,29)30)24(16)23(18-10-4-3-5-11-18)25-17(2)20-13-7-9-15-22(20)35(25)27(31,32)33/h3-17,23H,1-2H3. The number of halogens is 6. The van der Waals surface area contributed by atoms with Crippen LogP contribution in [0.1, 0.15) is 48.3 Å². The fourth-order valence-electron chi connectivity index (χ4n) is 5.73. The molecule has 0 bridgehead atoms. The van der Waals surface area contributed by atoms with E-state index in [1.807, 2.05) is 63.6 Å². The van der Waals surface area contributed by atoms with Crippen molar-refractivity contribution < 1.29 is 8.97 Å². The van der Waals surface area contributed by atoms with Crippen LogP contribution in [0.3, 0.4) is 0 Å². The third-order valence-corrected chi connectivity index (χ3v) is 8.25. The van der Waals surface area contributed by atoms with Crippen LogP contribution in [0.4, 0.5) is 11.4 Å². The number of hydrogen-bond donors (Lipinski definition) is 0. The molecule has 5 rings (SSSR count). The lowest BCUT2D eigenvalue weighted by atomic mass is 9.77. The molecule has 2 nitrogen and oxygen atoms in total. The van der Waals surface area contributed by atoms with Gasteiger partial charge in [-0.3, -0.25) is 68.8 Å². The average molecular weight is 585 g/mol. The van der Waals surface area contributed by atoms with E-state index in [1.54, 1.807) is 0 Å². The highest BCUT2D eigenvalue weighted by Gasteiger charge is 2.53. The van der Waals surface area contributed by atoms with E-state index in [4.69, 9.17) is 68.8 Å². The summed E-state index contributed by atoms with van der Waals surface area (Å²) in [7, 11) is 0. The van der Waals surface area contributed by atoms with Crippen LogP contribution >= 0.6 is 68.8 Å². The highest BCUT2D eigenvalue weighted by atomic mass is 35.6. The first-order valence-corrected chi connectivity index (χ1v) is 14.1. The summed E-state index contributed by atoms with van der Waals surface area (Å²) in [5, 5.41) is 0. The predicted molar refractivity (Wildman–Crippen MR) is 155 cm³/mol. The Morgan fingerprint density at radius 2 is 0.943 bits per heavy atom. The average Bonchev–Trinajstić information content (AvgIpc) is 3.27. The van der Waals surface area contributed by atoms with Crippen molar-refractivity contribution >= 4 is 101 Å². The summed E-state index contributed by atoms with van der Waals surface area (Å²) in [5.74, 6) is -0.347. The minimum Gasteiger partial charge on any atom is -0.377 e. The van der Waals surface area contributed by atoms with Crippen LogP contribution in [-0.4, -0.2) is 29.5 Å². The first-order valence-electron chi connectivity index (χ1n) is 11.5. The molecule has 0 saturated heterocycles. The van der Waals surface area contributed by atoms with Crippen molar-refractivity contribution in [1.82, 2.24) is 0 Å². The first-order chi connectivity index (χ1) is 16.5. The molecule has 3 aromatic carbocycles. The monoisotopic (exact) mass is 582 g/mol. The fourth-order valence-corrected chi connectivity index (χ4v) is 7.04. The molecule has 0 N–H and O–H groups in total. The lowest BCUT2D eigenvalue weighted by Gasteiger charge is -2.28. The molecule has 35 heavy (non-hydrogen) atoms. The van der Waals surface area contributed by atoms with Crippen molar-refractivity contribution in [3.63, 3.8) is 0 Å². The predicted octanol–water partition coefficient (Wildman–Crippen LogP) is 8.88. The van der Waals surface area contributed by atoms with Crippen LogP contribution in [0.25, 0.3) is 0 Å². The Labute approximate surface area is 235 Å². The Bertz CT molecular complexity index is 1280. The molecule has 3 aromatic rings. The van der Waals surface area contributed by atoms with Crippen LogP contribution < -0.4 is 0 Å². The van der Waals surface area contributed by atoms with Crippen molar-refractivity contribution in [2.45, 2.75) is 31.6 Å². The van der Waals surface area contributed by atoms with Gasteiger partial charge in [-0.1, -0.05) is 66.7 Å². The molecule has 2 aliphatic heterocycles. The zero-order valence-electron chi connectivity index (χ0n) is 19.1. The summed E-state index contributed by atoms with van der Waals surface area (Å²) in [5.41, 5.74) is 6.96. The largest absolute Gasteiger partial charge is 0.534 e. The number of rotatable bonds is 5. The van der Waals surface area contributed by atoms with Gasteiger partial charge in [0.25, 0.3) is 0 Å². The Hall–Kier alpha value is -1.13. The number of fused-ring (bicyclic) bond motifs is 2. The van der Waals surface area contributed by atoms with Crippen LogP contribution in [-0.2, 0) is 0 Å². The van der Waals surface area contributed by atoms with Crippen molar-refractivity contribution in [3.05, 3.63) is 95.6 Å². The Morgan fingerprint density at radius 3 is 1.34 bits per heavy atom. The molecule has 0 radical (unpaired) electrons. The molecule has 0 aliphatic carbocycles. The van der Waals surface area contributed by atoms with Gasteiger partial charge in [-0.15, -0.1) is 0 Å². The lowest BCUT2D eigenvalue weighted by molar-refractivity contribution is -0.286. The van der Waals surface area contributed by atoms with Gasteiger partial charge in [-0.05, 0) is 19.4 Å². The molecule has 0 saturated carbocycles. The van der Waals surface area contributed by atoms with Gasteiger partial charge in [-0.25, -0.2) is 0 Å². The van der Waals surface area contributed by atoms with Gasteiger partial charge in [0.05, 0.1) is 11.8 Å². The van der Waals surface area contributed by atoms with Crippen molar-refractivity contribution in [1.29, 1.82) is 0 Å². The summed E-state index contributed by atoms with van der Waals surface area (Å²) in [6.07, 6.45) is 0. The van der Waals surface area contributed by atoms with E-state index in [1.165, 1.54) is 0 Å². The molecule has 0 aromatic heterocycles. The van der Waals surface area contributed by atoms with Crippen LogP contribution in [0.15, 0.2) is 78.9 Å². The molecule has 2 aliphatic rings. The molecule has 10 heteroatoms. The molecule has 2 heterocycles. The molecular weight excluding hydrogens is 563 g/mol. The fraction of sp³-hybridized carbons (Fsp3) is 0.200. The molecule has 180 valence electrons. The van der Waals surface area contributed by atoms with Crippen LogP contribution in [0.5, 0.6) is 0 Å². The second-order valence-electron chi connectivity index (χ2n) is 9.07. The van der Waals surface area contributed by atoms with Crippen molar-refractivity contribution in [2.75, 3.05) is 0 Å². The SMILES string of the molecule is CC1C(C(C2=[N+]([B-](Cl)(Cl)Cl)c3ccccc3C2C)c2ccccc2)=[N+]([B-](Cl)(Cl)Cl)c2ccccc21. The van der Waals surface area contributed by atoms with Gasteiger partial charge >= 0.3 is 9.05 Å². The van der Waals surface area contributed by atoms with E-state index in [-0.39, 0.29) is 17.8 Å². The topological polar surface area (TPSA) is 6.02 Å². The second-order valence-corrected chi connectivity index (χ2v) is 14.2. The third-order valence-electron chi connectivity index (χ3n) is 7.08. The summed E-state index contributed by atoms with van der Waals surface area (Å²) < 4.78 is -1.19. The van der Waals surface area contributed by atoms with E-state index >= 15 is 0 Å². The van der Waals surface area contributed by atoms with Gasteiger partial charge < -0.3 is 8.97 Å². The second kappa shape index (κ2) is 9.31. The Morgan fingerprint density at radius 1 is 0.571 bits per heavy atom. The van der Waals surface area contributed by atoms with Crippen molar-refractivity contribution in [2.24, 2.45) is 0 Å². The normalized spacial score (nSPS) is 20.8. The maximum Gasteiger partial charge on any atom is 0.534 e. The minimum absolute atomic E-state index is 0.0259. The van der Waals surface area contributed by atoms with E-state index in [0.29, 0.717) is 0 Å². The third kappa shape index (κ3) is 4.35. The summed E-state index contributed by atoms with van der Waals surface area (Å²) >= 11 is 40.3. The molecular formula is C25H22B2Cl6N2. The van der Waals surface area contributed by atoms with E-state index in [0.717, 1.165) is 39.5 Å². The summed E-state index contributed by atoms with van der Waals surface area (Å²) in [4.78, 5) is 0. The summed E-state index contributed by atoms with van der Waals surface area (Å²) in [6.45, 7) is 4.30. The summed E-state index contributed by atoms with van der Waals surface area (Å²) in [6, 6.07) is 26.3. The van der Waals surface area contributed by atoms with Crippen molar-refractivity contribution in [3.8, 4) is 0 Å². The zero-order chi connectivity index (χ0) is 25.1. The number of nitrogens with zero attached hydrogens (tertiary/aromatic N) is 2.